The normalized spacial score (nSPS) is 10.7. The number of fused-ring (bicyclic) bond motifs is 1. The number of phenolic OH excluding ortho intramolecular Hbond substituents is 2. The summed E-state index contributed by atoms with van der Waals surface area (Å²) in [5, 5.41) is 19.4. The number of aromatic hydroxyl groups is 2. The SMILES string of the molecule is O=c1cc(-c2cnccn2)c2cc(O)c(O)cc2o1. The molecule has 0 fully saturated rings. The molecule has 0 unspecified atom stereocenters. The molecular weight excluding hydrogens is 248 g/mol. The Morgan fingerprint density at radius 2 is 1.84 bits per heavy atom. The quantitative estimate of drug-likeness (QED) is 0.507. The fourth-order valence-corrected chi connectivity index (χ4v) is 1.84. The first kappa shape index (κ1) is 11.2. The van der Waals surface area contributed by atoms with E-state index >= 15 is 0 Å². The molecule has 0 radical (unpaired) electrons. The van der Waals surface area contributed by atoms with Gasteiger partial charge in [0.2, 0.25) is 0 Å². The second-order valence-corrected chi connectivity index (χ2v) is 3.91. The second kappa shape index (κ2) is 4.09. The topological polar surface area (TPSA) is 96.5 Å². The standard InChI is InChI=1S/C13H8N2O4/c16-10-3-8-7(9-6-14-1-2-15-9)4-13(18)19-12(8)5-11(10)17/h1-6,16-17H. The van der Waals surface area contributed by atoms with E-state index in [1.54, 1.807) is 0 Å². The Kier molecular flexibility index (Phi) is 2.42. The molecule has 2 N–H and O–H groups in total. The Hall–Kier alpha value is -2.89. The maximum absolute atomic E-state index is 11.5. The van der Waals surface area contributed by atoms with E-state index in [9.17, 15) is 15.0 Å². The van der Waals surface area contributed by atoms with E-state index in [1.165, 1.54) is 36.8 Å². The van der Waals surface area contributed by atoms with Crippen molar-refractivity contribution in [1.29, 1.82) is 0 Å². The Balaban J connectivity index is 2.42. The van der Waals surface area contributed by atoms with Crippen molar-refractivity contribution in [3.8, 4) is 22.8 Å². The van der Waals surface area contributed by atoms with Crippen LogP contribution in [0.4, 0.5) is 0 Å². The molecule has 0 aliphatic heterocycles. The van der Waals surface area contributed by atoms with Crippen LogP contribution in [-0.2, 0) is 0 Å². The summed E-state index contributed by atoms with van der Waals surface area (Å²) in [7, 11) is 0. The number of benzene rings is 1. The first-order valence-electron chi connectivity index (χ1n) is 5.41. The van der Waals surface area contributed by atoms with Gasteiger partial charge in [-0.3, -0.25) is 9.97 Å². The molecule has 94 valence electrons. The van der Waals surface area contributed by atoms with Gasteiger partial charge in [-0.1, -0.05) is 0 Å². The number of phenols is 2. The molecule has 0 aliphatic rings. The van der Waals surface area contributed by atoms with Gasteiger partial charge in [-0.15, -0.1) is 0 Å². The number of hydrogen-bond acceptors (Lipinski definition) is 6. The monoisotopic (exact) mass is 256 g/mol. The molecule has 0 saturated heterocycles. The molecule has 0 saturated carbocycles. The lowest BCUT2D eigenvalue weighted by atomic mass is 10.1. The minimum Gasteiger partial charge on any atom is -0.504 e. The van der Waals surface area contributed by atoms with Crippen molar-refractivity contribution < 1.29 is 14.6 Å². The predicted octanol–water partition coefficient (Wildman–Crippen LogP) is 1.66. The second-order valence-electron chi connectivity index (χ2n) is 3.91. The van der Waals surface area contributed by atoms with Crippen LogP contribution in [0.15, 0.2) is 46.0 Å². The smallest absolute Gasteiger partial charge is 0.336 e. The zero-order chi connectivity index (χ0) is 13.4. The molecule has 0 spiro atoms. The summed E-state index contributed by atoms with van der Waals surface area (Å²) in [6, 6.07) is 3.77. The molecule has 0 bridgehead atoms. The van der Waals surface area contributed by atoms with Crippen molar-refractivity contribution in [3.05, 3.63) is 47.2 Å². The van der Waals surface area contributed by atoms with Gasteiger partial charge in [-0.05, 0) is 6.07 Å². The van der Waals surface area contributed by atoms with Crippen LogP contribution in [0.2, 0.25) is 0 Å². The van der Waals surface area contributed by atoms with Crippen LogP contribution in [0.5, 0.6) is 11.5 Å². The predicted molar refractivity (Wildman–Crippen MR) is 66.8 cm³/mol. The van der Waals surface area contributed by atoms with Crippen molar-refractivity contribution in [3.63, 3.8) is 0 Å². The van der Waals surface area contributed by atoms with Gasteiger partial charge >= 0.3 is 5.63 Å². The highest BCUT2D eigenvalue weighted by molar-refractivity contribution is 5.93. The summed E-state index contributed by atoms with van der Waals surface area (Å²) in [4.78, 5) is 19.6. The van der Waals surface area contributed by atoms with Gasteiger partial charge < -0.3 is 14.6 Å². The average Bonchev–Trinajstić information content (AvgIpc) is 2.41. The van der Waals surface area contributed by atoms with Crippen molar-refractivity contribution in [2.75, 3.05) is 0 Å². The summed E-state index contributed by atoms with van der Waals surface area (Å²) in [5.41, 5.74) is 0.557. The van der Waals surface area contributed by atoms with Crippen LogP contribution >= 0.6 is 0 Å². The van der Waals surface area contributed by atoms with Crippen molar-refractivity contribution in [1.82, 2.24) is 9.97 Å². The first-order chi connectivity index (χ1) is 9.15. The molecule has 2 aromatic heterocycles. The summed E-state index contributed by atoms with van der Waals surface area (Å²) >= 11 is 0. The van der Waals surface area contributed by atoms with E-state index in [4.69, 9.17) is 4.42 Å². The van der Waals surface area contributed by atoms with Crippen LogP contribution in [0.25, 0.3) is 22.2 Å². The van der Waals surface area contributed by atoms with Crippen LogP contribution in [0, 0.1) is 0 Å². The molecule has 6 nitrogen and oxygen atoms in total. The number of aromatic nitrogens is 2. The molecule has 19 heavy (non-hydrogen) atoms. The number of hydrogen-bond donors (Lipinski definition) is 2. The Bertz CT molecular complexity index is 812. The molecule has 3 rings (SSSR count). The third-order valence-electron chi connectivity index (χ3n) is 2.68. The zero-order valence-electron chi connectivity index (χ0n) is 9.57. The maximum Gasteiger partial charge on any atom is 0.336 e. The summed E-state index contributed by atoms with van der Waals surface area (Å²) in [5.74, 6) is -0.654. The summed E-state index contributed by atoms with van der Waals surface area (Å²) in [6.45, 7) is 0. The number of nitrogens with zero attached hydrogens (tertiary/aromatic N) is 2. The van der Waals surface area contributed by atoms with Crippen molar-refractivity contribution >= 4 is 11.0 Å². The first-order valence-corrected chi connectivity index (χ1v) is 5.41. The molecule has 6 heteroatoms. The molecule has 0 atom stereocenters. The Morgan fingerprint density at radius 1 is 1.05 bits per heavy atom. The Morgan fingerprint density at radius 3 is 2.58 bits per heavy atom. The molecule has 0 amide bonds. The fourth-order valence-electron chi connectivity index (χ4n) is 1.84. The van der Waals surface area contributed by atoms with Crippen molar-refractivity contribution in [2.24, 2.45) is 0 Å². The Labute approximate surface area is 106 Å². The van der Waals surface area contributed by atoms with Crippen LogP contribution < -0.4 is 5.63 Å². The van der Waals surface area contributed by atoms with Gasteiger partial charge in [0.1, 0.15) is 5.58 Å². The molecule has 2 heterocycles. The van der Waals surface area contributed by atoms with E-state index in [2.05, 4.69) is 9.97 Å². The molecule has 3 aromatic rings. The van der Waals surface area contributed by atoms with Gasteiger partial charge in [0.05, 0.1) is 11.9 Å². The van der Waals surface area contributed by atoms with Gasteiger partial charge in [0.15, 0.2) is 11.5 Å². The van der Waals surface area contributed by atoms with Gasteiger partial charge in [0, 0.05) is 35.5 Å². The van der Waals surface area contributed by atoms with Gasteiger partial charge in [0.25, 0.3) is 0 Å². The largest absolute Gasteiger partial charge is 0.504 e. The molecule has 0 aliphatic carbocycles. The van der Waals surface area contributed by atoms with E-state index in [0.717, 1.165) is 0 Å². The fraction of sp³-hybridized carbons (Fsp3) is 0. The molecular formula is C13H8N2O4. The minimum atomic E-state index is -0.571. The van der Waals surface area contributed by atoms with E-state index in [-0.39, 0.29) is 17.1 Å². The maximum atomic E-state index is 11.5. The highest BCUT2D eigenvalue weighted by atomic mass is 16.4. The third-order valence-corrected chi connectivity index (χ3v) is 2.68. The minimum absolute atomic E-state index is 0.170. The van der Waals surface area contributed by atoms with Crippen LogP contribution in [-0.4, -0.2) is 20.2 Å². The lowest BCUT2D eigenvalue weighted by Crippen LogP contribution is -1.99. The average molecular weight is 256 g/mol. The third kappa shape index (κ3) is 1.89. The highest BCUT2D eigenvalue weighted by Gasteiger charge is 2.12. The van der Waals surface area contributed by atoms with Gasteiger partial charge in [-0.25, -0.2) is 4.79 Å². The summed E-state index contributed by atoms with van der Waals surface area (Å²) < 4.78 is 4.98. The summed E-state index contributed by atoms with van der Waals surface area (Å²) in [6.07, 6.45) is 4.51. The van der Waals surface area contributed by atoms with Crippen LogP contribution in [0.1, 0.15) is 0 Å². The van der Waals surface area contributed by atoms with E-state index < -0.39 is 5.63 Å². The lowest BCUT2D eigenvalue weighted by Gasteiger charge is -2.05. The molecule has 1 aromatic carbocycles. The highest BCUT2D eigenvalue weighted by Crippen LogP contribution is 2.33. The van der Waals surface area contributed by atoms with Gasteiger partial charge in [-0.2, -0.15) is 0 Å². The van der Waals surface area contributed by atoms with E-state index in [1.807, 2.05) is 0 Å². The van der Waals surface area contributed by atoms with E-state index in [0.29, 0.717) is 16.6 Å². The van der Waals surface area contributed by atoms with Crippen molar-refractivity contribution in [2.45, 2.75) is 0 Å². The zero-order valence-corrected chi connectivity index (χ0v) is 9.57. The lowest BCUT2D eigenvalue weighted by molar-refractivity contribution is 0.403. The van der Waals surface area contributed by atoms with Crippen LogP contribution in [0.3, 0.4) is 0 Å². The number of rotatable bonds is 1.